The van der Waals surface area contributed by atoms with Gasteiger partial charge in [-0.15, -0.1) is 0 Å². The number of piperazine rings is 1. The molecule has 1 aromatic rings. The van der Waals surface area contributed by atoms with E-state index in [2.05, 4.69) is 23.8 Å². The molecule has 0 aromatic heterocycles. The molecule has 2 heterocycles. The predicted molar refractivity (Wildman–Crippen MR) is 76.1 cm³/mol. The molecule has 1 saturated heterocycles. The molecule has 2 atom stereocenters. The van der Waals surface area contributed by atoms with Crippen molar-refractivity contribution in [1.29, 1.82) is 0 Å². The first-order chi connectivity index (χ1) is 9.63. The molecule has 2 unspecified atom stereocenters. The molecule has 1 aromatic carbocycles. The van der Waals surface area contributed by atoms with Crippen LogP contribution in [0.4, 0.5) is 0 Å². The van der Waals surface area contributed by atoms with Crippen molar-refractivity contribution in [3.05, 3.63) is 23.8 Å². The summed E-state index contributed by atoms with van der Waals surface area (Å²) in [5, 5.41) is 10.4. The molecule has 1 fully saturated rings. The van der Waals surface area contributed by atoms with E-state index >= 15 is 0 Å². The number of β-amino-alcohol motifs (C(OH)–C–C–N with tert-alkyl or cyclic N) is 1. The highest BCUT2D eigenvalue weighted by Gasteiger charge is 2.23. The number of hydrogen-bond acceptors (Lipinski definition) is 5. The Bertz CT molecular complexity index is 480. The molecule has 20 heavy (non-hydrogen) atoms. The van der Waals surface area contributed by atoms with Crippen molar-refractivity contribution in [2.24, 2.45) is 0 Å². The van der Waals surface area contributed by atoms with Gasteiger partial charge in [0, 0.05) is 32.2 Å². The minimum Gasteiger partial charge on any atom is -0.454 e. The van der Waals surface area contributed by atoms with Crippen LogP contribution in [0.5, 0.6) is 11.5 Å². The first-order valence-corrected chi connectivity index (χ1v) is 7.13. The molecule has 0 spiro atoms. The second-order valence-electron chi connectivity index (χ2n) is 5.72. The molecule has 2 aliphatic rings. The van der Waals surface area contributed by atoms with Gasteiger partial charge in [-0.05, 0) is 31.7 Å². The zero-order valence-corrected chi connectivity index (χ0v) is 12.1. The fourth-order valence-electron chi connectivity index (χ4n) is 2.76. The van der Waals surface area contributed by atoms with E-state index in [1.807, 2.05) is 18.2 Å². The number of aliphatic hydroxyl groups excluding tert-OH is 1. The van der Waals surface area contributed by atoms with Gasteiger partial charge >= 0.3 is 0 Å². The van der Waals surface area contributed by atoms with Gasteiger partial charge in [0.1, 0.15) is 0 Å². The SMILES string of the molecule is CC1CN(CC(O)c2ccc3c(c2)OCO3)CCN1C. The van der Waals surface area contributed by atoms with E-state index in [1.165, 1.54) is 0 Å². The zero-order chi connectivity index (χ0) is 14.1. The summed E-state index contributed by atoms with van der Waals surface area (Å²) in [5.74, 6) is 1.49. The lowest BCUT2D eigenvalue weighted by molar-refractivity contribution is 0.0567. The number of likely N-dealkylation sites (N-methyl/N-ethyl adjacent to an activating group) is 1. The summed E-state index contributed by atoms with van der Waals surface area (Å²) in [6.45, 7) is 6.21. The van der Waals surface area contributed by atoms with Crippen LogP contribution in [0.15, 0.2) is 18.2 Å². The van der Waals surface area contributed by atoms with E-state index < -0.39 is 6.10 Å². The first-order valence-electron chi connectivity index (χ1n) is 7.13. The zero-order valence-electron chi connectivity index (χ0n) is 12.1. The van der Waals surface area contributed by atoms with Crippen molar-refractivity contribution in [3.63, 3.8) is 0 Å². The van der Waals surface area contributed by atoms with Gasteiger partial charge in [-0.3, -0.25) is 4.90 Å². The van der Waals surface area contributed by atoms with Crippen LogP contribution in [0.3, 0.4) is 0 Å². The number of hydrogen-bond donors (Lipinski definition) is 1. The number of aliphatic hydroxyl groups is 1. The van der Waals surface area contributed by atoms with E-state index in [9.17, 15) is 5.11 Å². The Morgan fingerprint density at radius 3 is 2.90 bits per heavy atom. The second-order valence-corrected chi connectivity index (χ2v) is 5.72. The highest BCUT2D eigenvalue weighted by atomic mass is 16.7. The number of ether oxygens (including phenoxy) is 2. The first kappa shape index (κ1) is 13.7. The monoisotopic (exact) mass is 278 g/mol. The van der Waals surface area contributed by atoms with Gasteiger partial charge in [0.25, 0.3) is 0 Å². The summed E-state index contributed by atoms with van der Waals surface area (Å²) in [7, 11) is 2.15. The van der Waals surface area contributed by atoms with Crippen LogP contribution in [0, 0.1) is 0 Å². The third-order valence-electron chi connectivity index (χ3n) is 4.26. The fourth-order valence-corrected chi connectivity index (χ4v) is 2.76. The van der Waals surface area contributed by atoms with Crippen LogP contribution in [0.2, 0.25) is 0 Å². The van der Waals surface area contributed by atoms with Gasteiger partial charge in [-0.2, -0.15) is 0 Å². The van der Waals surface area contributed by atoms with Crippen LogP contribution in [-0.2, 0) is 0 Å². The summed E-state index contributed by atoms with van der Waals surface area (Å²) < 4.78 is 10.6. The average molecular weight is 278 g/mol. The maximum atomic E-state index is 10.4. The van der Waals surface area contributed by atoms with E-state index in [4.69, 9.17) is 9.47 Å². The van der Waals surface area contributed by atoms with Gasteiger partial charge in [-0.25, -0.2) is 0 Å². The smallest absolute Gasteiger partial charge is 0.231 e. The van der Waals surface area contributed by atoms with Crippen LogP contribution >= 0.6 is 0 Å². The molecule has 5 nitrogen and oxygen atoms in total. The minimum atomic E-state index is -0.486. The summed E-state index contributed by atoms with van der Waals surface area (Å²) in [6.07, 6.45) is -0.486. The molecule has 110 valence electrons. The van der Waals surface area contributed by atoms with E-state index in [0.29, 0.717) is 12.6 Å². The number of nitrogens with zero attached hydrogens (tertiary/aromatic N) is 2. The summed E-state index contributed by atoms with van der Waals surface area (Å²) in [4.78, 5) is 4.67. The van der Waals surface area contributed by atoms with Gasteiger partial charge in [-0.1, -0.05) is 6.07 Å². The third kappa shape index (κ3) is 2.75. The number of benzene rings is 1. The lowest BCUT2D eigenvalue weighted by Crippen LogP contribution is -2.50. The minimum absolute atomic E-state index is 0.269. The molecular formula is C15H22N2O3. The fraction of sp³-hybridized carbons (Fsp3) is 0.600. The maximum absolute atomic E-state index is 10.4. The van der Waals surface area contributed by atoms with Crippen LogP contribution in [0.25, 0.3) is 0 Å². The largest absolute Gasteiger partial charge is 0.454 e. The lowest BCUT2D eigenvalue weighted by atomic mass is 10.1. The Morgan fingerprint density at radius 2 is 2.10 bits per heavy atom. The van der Waals surface area contributed by atoms with Crippen LogP contribution in [0.1, 0.15) is 18.6 Å². The Kier molecular flexibility index (Phi) is 3.83. The molecule has 0 amide bonds. The predicted octanol–water partition coefficient (Wildman–Crippen LogP) is 1.08. The van der Waals surface area contributed by atoms with Gasteiger partial charge in [0.15, 0.2) is 11.5 Å². The molecule has 1 N–H and O–H groups in total. The van der Waals surface area contributed by atoms with Crippen molar-refractivity contribution >= 4 is 0 Å². The standard InChI is InChI=1S/C15H22N2O3/c1-11-8-17(6-5-16(11)2)9-13(18)12-3-4-14-15(7-12)20-10-19-14/h3-4,7,11,13,18H,5-6,8-10H2,1-2H3. The van der Waals surface area contributed by atoms with Crippen molar-refractivity contribution in [1.82, 2.24) is 9.80 Å². The van der Waals surface area contributed by atoms with Crippen molar-refractivity contribution in [2.45, 2.75) is 19.1 Å². The van der Waals surface area contributed by atoms with E-state index in [-0.39, 0.29) is 6.79 Å². The Balaban J connectivity index is 1.63. The second kappa shape index (κ2) is 5.60. The van der Waals surface area contributed by atoms with E-state index in [1.54, 1.807) is 0 Å². The Hall–Kier alpha value is -1.30. The highest BCUT2D eigenvalue weighted by Crippen LogP contribution is 2.34. The Labute approximate surface area is 119 Å². The molecule has 0 radical (unpaired) electrons. The van der Waals surface area contributed by atoms with Crippen molar-refractivity contribution in [2.75, 3.05) is 40.0 Å². The molecule has 5 heteroatoms. The summed E-state index contributed by atoms with van der Waals surface area (Å²) in [6, 6.07) is 6.20. The van der Waals surface area contributed by atoms with Crippen LogP contribution < -0.4 is 9.47 Å². The van der Waals surface area contributed by atoms with E-state index in [0.717, 1.165) is 36.7 Å². The molecule has 2 aliphatic heterocycles. The Morgan fingerprint density at radius 1 is 1.30 bits per heavy atom. The number of fused-ring (bicyclic) bond motifs is 1. The molecule has 0 bridgehead atoms. The lowest BCUT2D eigenvalue weighted by Gasteiger charge is -2.38. The molecule has 0 aliphatic carbocycles. The van der Waals surface area contributed by atoms with Gasteiger partial charge in [0.2, 0.25) is 6.79 Å². The molecule has 3 rings (SSSR count). The summed E-state index contributed by atoms with van der Waals surface area (Å²) >= 11 is 0. The van der Waals surface area contributed by atoms with Gasteiger partial charge < -0.3 is 19.5 Å². The average Bonchev–Trinajstić information content (AvgIpc) is 2.90. The van der Waals surface area contributed by atoms with Crippen molar-refractivity contribution < 1.29 is 14.6 Å². The molecule has 0 saturated carbocycles. The molecular weight excluding hydrogens is 256 g/mol. The summed E-state index contributed by atoms with van der Waals surface area (Å²) in [5.41, 5.74) is 0.890. The topological polar surface area (TPSA) is 45.2 Å². The quantitative estimate of drug-likeness (QED) is 0.896. The normalized spacial score (nSPS) is 24.9. The number of rotatable bonds is 3. The maximum Gasteiger partial charge on any atom is 0.231 e. The van der Waals surface area contributed by atoms with Gasteiger partial charge in [0.05, 0.1) is 6.10 Å². The third-order valence-corrected chi connectivity index (χ3v) is 4.26. The highest BCUT2D eigenvalue weighted by molar-refractivity contribution is 5.45. The van der Waals surface area contributed by atoms with Crippen molar-refractivity contribution in [3.8, 4) is 11.5 Å². The van der Waals surface area contributed by atoms with Crippen LogP contribution in [-0.4, -0.2) is 61.0 Å².